The first kappa shape index (κ1) is 16.0. The van der Waals surface area contributed by atoms with Crippen molar-refractivity contribution >= 4 is 23.1 Å². The van der Waals surface area contributed by atoms with Gasteiger partial charge in [-0.15, -0.1) is 0 Å². The summed E-state index contributed by atoms with van der Waals surface area (Å²) >= 11 is 0. The minimum absolute atomic E-state index is 0.242. The number of ether oxygens (including phenoxy) is 1. The lowest BCUT2D eigenvalue weighted by Gasteiger charge is -2.13. The summed E-state index contributed by atoms with van der Waals surface area (Å²) < 4.78 is 5.19. The summed E-state index contributed by atoms with van der Waals surface area (Å²) in [6, 6.07) is 17.1. The molecule has 0 radical (unpaired) electrons. The van der Waals surface area contributed by atoms with Crippen molar-refractivity contribution in [1.29, 1.82) is 0 Å². The number of carbonyl (C=O) groups excluding carboxylic acids is 2. The second-order valence-corrected chi connectivity index (χ2v) is 5.74. The molecule has 3 rings (SSSR count). The Kier molecular flexibility index (Phi) is 5.06. The van der Waals surface area contributed by atoms with Crippen LogP contribution in [0.3, 0.4) is 0 Å². The van der Waals surface area contributed by atoms with Crippen molar-refractivity contribution in [3.63, 3.8) is 0 Å². The molecule has 0 spiro atoms. The lowest BCUT2D eigenvalue weighted by molar-refractivity contribution is -0.118. The number of hydrogen-bond acceptors (Lipinski definition) is 3. The van der Waals surface area contributed by atoms with Gasteiger partial charge in [0.05, 0.1) is 0 Å². The molecule has 4 nitrogen and oxygen atoms in total. The minimum atomic E-state index is -0.478. The van der Waals surface area contributed by atoms with E-state index in [2.05, 4.69) is 5.32 Å². The van der Waals surface area contributed by atoms with Crippen LogP contribution in [-0.4, -0.2) is 11.9 Å². The van der Waals surface area contributed by atoms with Gasteiger partial charge in [0.1, 0.15) is 12.4 Å². The predicted octanol–water partition coefficient (Wildman–Crippen LogP) is 4.57. The monoisotopic (exact) mass is 321 g/mol. The van der Waals surface area contributed by atoms with Crippen LogP contribution in [0.4, 0.5) is 10.5 Å². The second kappa shape index (κ2) is 7.59. The number of Topliss-reactive ketones (excluding diaryl/α,β-unsaturated/α-hetero) is 1. The van der Waals surface area contributed by atoms with Crippen molar-refractivity contribution in [3.05, 3.63) is 71.8 Å². The van der Waals surface area contributed by atoms with E-state index in [1.54, 1.807) is 0 Å². The highest BCUT2D eigenvalue weighted by molar-refractivity contribution is 5.88. The summed E-state index contributed by atoms with van der Waals surface area (Å²) in [4.78, 5) is 23.1. The third-order valence-corrected chi connectivity index (χ3v) is 3.96. The van der Waals surface area contributed by atoms with E-state index >= 15 is 0 Å². The third-order valence-electron chi connectivity index (χ3n) is 3.96. The summed E-state index contributed by atoms with van der Waals surface area (Å²) in [7, 11) is 0. The predicted molar refractivity (Wildman–Crippen MR) is 93.5 cm³/mol. The smallest absolute Gasteiger partial charge is 0.411 e. The van der Waals surface area contributed by atoms with Crippen molar-refractivity contribution < 1.29 is 14.3 Å². The van der Waals surface area contributed by atoms with Crippen LogP contribution in [-0.2, 0) is 16.1 Å². The van der Waals surface area contributed by atoms with Crippen LogP contribution in [0.5, 0.6) is 0 Å². The molecule has 0 bridgehead atoms. The Balaban J connectivity index is 1.54. The van der Waals surface area contributed by atoms with E-state index in [0.717, 1.165) is 17.5 Å². The highest BCUT2D eigenvalue weighted by atomic mass is 16.5. The topological polar surface area (TPSA) is 55.4 Å². The van der Waals surface area contributed by atoms with Crippen LogP contribution >= 0.6 is 0 Å². The molecule has 1 amide bonds. The number of nitrogens with one attached hydrogen (secondary N) is 1. The van der Waals surface area contributed by atoms with Gasteiger partial charge in [-0.2, -0.15) is 0 Å². The standard InChI is InChI=1S/C20H19NO3/c22-19-12-8-17(9-13-19)16-6-10-18(11-7-16)21-20(23)24-14-15-4-2-1-3-5-15/h1-8,10-11H,9,12-14H2,(H,21,23). The molecule has 2 aromatic carbocycles. The second-order valence-electron chi connectivity index (χ2n) is 5.74. The minimum Gasteiger partial charge on any atom is -0.444 e. The van der Waals surface area contributed by atoms with E-state index in [0.29, 0.717) is 18.5 Å². The molecule has 24 heavy (non-hydrogen) atoms. The third kappa shape index (κ3) is 4.32. The van der Waals surface area contributed by atoms with Crippen LogP contribution in [0.2, 0.25) is 0 Å². The molecule has 0 saturated carbocycles. The van der Waals surface area contributed by atoms with E-state index in [1.165, 1.54) is 5.57 Å². The summed E-state index contributed by atoms with van der Waals surface area (Å²) in [6.07, 6.45) is 3.42. The van der Waals surface area contributed by atoms with Gasteiger partial charge in [0, 0.05) is 18.5 Å². The number of benzene rings is 2. The van der Waals surface area contributed by atoms with Gasteiger partial charge in [-0.1, -0.05) is 48.5 Å². The maximum Gasteiger partial charge on any atom is 0.411 e. The fraction of sp³-hybridized carbons (Fsp3) is 0.200. The summed E-state index contributed by atoms with van der Waals surface area (Å²) in [5.74, 6) is 0.290. The molecular formula is C20H19NO3. The maximum absolute atomic E-state index is 11.8. The number of anilines is 1. The van der Waals surface area contributed by atoms with Gasteiger partial charge >= 0.3 is 6.09 Å². The first-order chi connectivity index (χ1) is 11.7. The Morgan fingerprint density at radius 1 is 1.00 bits per heavy atom. The highest BCUT2D eigenvalue weighted by Crippen LogP contribution is 2.26. The molecule has 0 fully saturated rings. The van der Waals surface area contributed by atoms with Crippen molar-refractivity contribution in [1.82, 2.24) is 0 Å². The van der Waals surface area contributed by atoms with E-state index in [9.17, 15) is 9.59 Å². The number of carbonyl (C=O) groups is 2. The van der Waals surface area contributed by atoms with Crippen molar-refractivity contribution in [2.75, 3.05) is 5.32 Å². The van der Waals surface area contributed by atoms with Crippen LogP contribution in [0.15, 0.2) is 60.7 Å². The Labute approximate surface area is 141 Å². The molecule has 0 aliphatic heterocycles. The van der Waals surface area contributed by atoms with Gasteiger partial charge in [0.15, 0.2) is 0 Å². The molecule has 0 heterocycles. The molecule has 1 N–H and O–H groups in total. The van der Waals surface area contributed by atoms with Gasteiger partial charge in [-0.25, -0.2) is 4.79 Å². The molecule has 0 unspecified atom stereocenters. The number of rotatable bonds is 4. The van der Waals surface area contributed by atoms with Crippen LogP contribution in [0.25, 0.3) is 5.57 Å². The fourth-order valence-electron chi connectivity index (χ4n) is 2.62. The number of amides is 1. The van der Waals surface area contributed by atoms with Crippen LogP contribution in [0.1, 0.15) is 30.4 Å². The number of ketones is 1. The quantitative estimate of drug-likeness (QED) is 0.897. The van der Waals surface area contributed by atoms with Crippen molar-refractivity contribution in [2.24, 2.45) is 0 Å². The van der Waals surface area contributed by atoms with Gasteiger partial charge in [0.2, 0.25) is 0 Å². The lowest BCUT2D eigenvalue weighted by atomic mass is 9.93. The molecule has 4 heteroatoms. The van der Waals surface area contributed by atoms with Gasteiger partial charge in [-0.3, -0.25) is 10.1 Å². The van der Waals surface area contributed by atoms with Crippen molar-refractivity contribution in [2.45, 2.75) is 25.9 Å². The van der Waals surface area contributed by atoms with Crippen LogP contribution < -0.4 is 5.32 Å². The Morgan fingerprint density at radius 2 is 1.75 bits per heavy atom. The molecule has 2 aromatic rings. The molecule has 1 aliphatic carbocycles. The van der Waals surface area contributed by atoms with E-state index in [1.807, 2.05) is 60.7 Å². The van der Waals surface area contributed by atoms with E-state index in [-0.39, 0.29) is 12.4 Å². The average Bonchev–Trinajstić information content (AvgIpc) is 2.62. The zero-order valence-corrected chi connectivity index (χ0v) is 13.3. The average molecular weight is 321 g/mol. The Bertz CT molecular complexity index is 748. The molecule has 1 aliphatic rings. The lowest BCUT2D eigenvalue weighted by Crippen LogP contribution is -2.13. The Morgan fingerprint density at radius 3 is 2.42 bits per heavy atom. The van der Waals surface area contributed by atoms with E-state index in [4.69, 9.17) is 4.74 Å². The fourth-order valence-corrected chi connectivity index (χ4v) is 2.62. The zero-order chi connectivity index (χ0) is 16.8. The first-order valence-corrected chi connectivity index (χ1v) is 7.99. The molecule has 0 atom stereocenters. The van der Waals surface area contributed by atoms with E-state index < -0.39 is 6.09 Å². The normalized spacial score (nSPS) is 14.0. The largest absolute Gasteiger partial charge is 0.444 e. The number of hydrogen-bond donors (Lipinski definition) is 1. The zero-order valence-electron chi connectivity index (χ0n) is 13.3. The molecule has 0 saturated heterocycles. The molecular weight excluding hydrogens is 302 g/mol. The van der Waals surface area contributed by atoms with Gasteiger partial charge in [0.25, 0.3) is 0 Å². The number of allylic oxidation sites excluding steroid dienone is 2. The van der Waals surface area contributed by atoms with Crippen LogP contribution in [0, 0.1) is 0 Å². The summed E-state index contributed by atoms with van der Waals surface area (Å²) in [5.41, 5.74) is 3.91. The molecule has 122 valence electrons. The van der Waals surface area contributed by atoms with Gasteiger partial charge in [-0.05, 0) is 35.3 Å². The summed E-state index contributed by atoms with van der Waals surface area (Å²) in [6.45, 7) is 0.242. The maximum atomic E-state index is 11.8. The molecule has 0 aromatic heterocycles. The summed E-state index contributed by atoms with van der Waals surface area (Å²) in [5, 5.41) is 2.71. The first-order valence-electron chi connectivity index (χ1n) is 7.99. The van der Waals surface area contributed by atoms with Crippen molar-refractivity contribution in [3.8, 4) is 0 Å². The Hall–Kier alpha value is -2.88. The van der Waals surface area contributed by atoms with Gasteiger partial charge < -0.3 is 4.74 Å². The SMILES string of the molecule is O=C1CC=C(c2ccc(NC(=O)OCc3ccccc3)cc2)CC1. The highest BCUT2D eigenvalue weighted by Gasteiger charge is 2.12.